The number of benzene rings is 1. The van der Waals surface area contributed by atoms with Crippen LogP contribution < -0.4 is 10.6 Å². The second-order valence-electron chi connectivity index (χ2n) is 9.00. The quantitative estimate of drug-likeness (QED) is 0.545. The highest BCUT2D eigenvalue weighted by Gasteiger charge is 2.40. The third kappa shape index (κ3) is 4.40. The van der Waals surface area contributed by atoms with Gasteiger partial charge in [0.05, 0.1) is 28.7 Å². The van der Waals surface area contributed by atoms with Crippen molar-refractivity contribution in [2.24, 2.45) is 5.73 Å². The summed E-state index contributed by atoms with van der Waals surface area (Å²) in [6, 6.07) is 9.12. The summed E-state index contributed by atoms with van der Waals surface area (Å²) in [6.45, 7) is 5.86. The van der Waals surface area contributed by atoms with Crippen LogP contribution in [0.2, 0.25) is 0 Å². The Kier molecular flexibility index (Phi) is 6.51. The van der Waals surface area contributed by atoms with Crippen molar-refractivity contribution >= 4 is 29.1 Å². The molecule has 182 valence electrons. The number of hydrogen-bond acceptors (Lipinski definition) is 7. The molecule has 35 heavy (non-hydrogen) atoms. The summed E-state index contributed by atoms with van der Waals surface area (Å²) in [5.41, 5.74) is 9.75. The topological polar surface area (TPSA) is 105 Å². The first-order valence-corrected chi connectivity index (χ1v) is 13.1. The van der Waals surface area contributed by atoms with E-state index in [1.54, 1.807) is 4.90 Å². The minimum atomic E-state index is -0.590. The van der Waals surface area contributed by atoms with Crippen LogP contribution in [0, 0.1) is 0 Å². The highest BCUT2D eigenvalue weighted by molar-refractivity contribution is 7.15. The van der Waals surface area contributed by atoms with Crippen molar-refractivity contribution in [2.45, 2.75) is 58.0 Å². The number of hydrogen-bond donors (Lipinski definition) is 1. The van der Waals surface area contributed by atoms with Gasteiger partial charge in [0.2, 0.25) is 17.8 Å². The Morgan fingerprint density at radius 1 is 1.11 bits per heavy atom. The molecular formula is C26H30N6O2S. The van der Waals surface area contributed by atoms with E-state index in [1.165, 1.54) is 11.3 Å². The zero-order chi connectivity index (χ0) is 24.5. The molecule has 0 bridgehead atoms. The van der Waals surface area contributed by atoms with E-state index in [0.29, 0.717) is 6.42 Å². The number of nitrogens with two attached hydrogens (primary N) is 1. The number of fused-ring (bicyclic) bond motifs is 3. The molecule has 1 aliphatic carbocycles. The van der Waals surface area contributed by atoms with Crippen molar-refractivity contribution in [1.82, 2.24) is 19.9 Å². The lowest BCUT2D eigenvalue weighted by Crippen LogP contribution is -2.45. The second-order valence-corrected chi connectivity index (χ2v) is 10.1. The van der Waals surface area contributed by atoms with Gasteiger partial charge in [0, 0.05) is 19.3 Å². The minimum Gasteiger partial charge on any atom is -0.368 e. The highest BCUT2D eigenvalue weighted by atomic mass is 32.1. The smallest absolute Gasteiger partial charge is 0.240 e. The van der Waals surface area contributed by atoms with Crippen LogP contribution in [-0.2, 0) is 28.9 Å². The van der Waals surface area contributed by atoms with Gasteiger partial charge in [-0.1, -0.05) is 30.3 Å². The number of carbonyl (C=O) groups excluding carboxylic acids is 2. The van der Waals surface area contributed by atoms with E-state index in [0.717, 1.165) is 70.7 Å². The Morgan fingerprint density at radius 3 is 2.60 bits per heavy atom. The molecule has 1 aromatic carbocycles. The van der Waals surface area contributed by atoms with Crippen molar-refractivity contribution in [1.29, 1.82) is 0 Å². The predicted molar refractivity (Wildman–Crippen MR) is 136 cm³/mol. The van der Waals surface area contributed by atoms with Crippen molar-refractivity contribution in [2.75, 3.05) is 18.0 Å². The number of rotatable bonds is 7. The van der Waals surface area contributed by atoms with Gasteiger partial charge in [-0.25, -0.2) is 15.0 Å². The molecule has 2 aromatic heterocycles. The number of aryl methyl sites for hydroxylation is 2. The Morgan fingerprint density at radius 2 is 1.89 bits per heavy atom. The molecule has 9 heteroatoms. The number of likely N-dealkylation sites (tertiary alicyclic amines) is 1. The Balaban J connectivity index is 1.42. The standard InChI is InChI=1S/C26H30N6O2S/c1-3-31(4-2)26-28-15-17-10-11-18-24(23(17)30-26)35-21(29-18)14-22(33)32-19(12-13-20(32)25(27)34)16-8-6-5-7-9-16/h5-9,15,19-20H,3-4,10-14H2,1-2H3,(H2,27,34). The van der Waals surface area contributed by atoms with Gasteiger partial charge in [-0.2, -0.15) is 0 Å². The Bertz CT molecular complexity index is 1240. The maximum atomic E-state index is 13.5. The number of thiazole rings is 1. The van der Waals surface area contributed by atoms with Gasteiger partial charge in [-0.15, -0.1) is 11.3 Å². The van der Waals surface area contributed by atoms with Crippen LogP contribution in [0.25, 0.3) is 10.6 Å². The number of aromatic nitrogens is 3. The second kappa shape index (κ2) is 9.73. The SMILES string of the molecule is CCN(CC)c1ncc2c(n1)-c1sc(CC(=O)N3C(C(N)=O)CCC3c3ccccc3)nc1CC2. The Hall–Kier alpha value is -3.33. The van der Waals surface area contributed by atoms with Gasteiger partial charge in [-0.3, -0.25) is 9.59 Å². The molecule has 0 saturated carbocycles. The molecule has 2 amide bonds. The maximum absolute atomic E-state index is 13.5. The van der Waals surface area contributed by atoms with E-state index in [-0.39, 0.29) is 18.4 Å². The number of anilines is 1. The molecule has 3 heterocycles. The molecule has 2 N–H and O–H groups in total. The fourth-order valence-electron chi connectivity index (χ4n) is 5.18. The van der Waals surface area contributed by atoms with E-state index in [1.807, 2.05) is 36.5 Å². The van der Waals surface area contributed by atoms with Gasteiger partial charge in [0.1, 0.15) is 11.0 Å². The molecule has 8 nitrogen and oxygen atoms in total. The van der Waals surface area contributed by atoms with Crippen molar-refractivity contribution < 1.29 is 9.59 Å². The van der Waals surface area contributed by atoms with Gasteiger partial charge in [-0.05, 0) is 50.7 Å². The molecule has 0 spiro atoms. The normalized spacial score (nSPS) is 18.7. The monoisotopic (exact) mass is 490 g/mol. The van der Waals surface area contributed by atoms with E-state index in [2.05, 4.69) is 23.7 Å². The summed E-state index contributed by atoms with van der Waals surface area (Å²) in [6.07, 6.45) is 5.01. The molecule has 5 rings (SSSR count). The fourth-order valence-corrected chi connectivity index (χ4v) is 6.31. The first-order valence-electron chi connectivity index (χ1n) is 12.2. The summed E-state index contributed by atoms with van der Waals surface area (Å²) >= 11 is 1.52. The van der Waals surface area contributed by atoms with E-state index in [9.17, 15) is 9.59 Å². The summed E-state index contributed by atoms with van der Waals surface area (Å²) in [4.78, 5) is 44.8. The lowest BCUT2D eigenvalue weighted by molar-refractivity contribution is -0.138. The van der Waals surface area contributed by atoms with Crippen LogP contribution in [0.5, 0.6) is 0 Å². The summed E-state index contributed by atoms with van der Waals surface area (Å²) in [5, 5.41) is 0.748. The molecule has 1 fully saturated rings. The number of carbonyl (C=O) groups is 2. The fraction of sp³-hybridized carbons (Fsp3) is 0.423. The van der Waals surface area contributed by atoms with Gasteiger partial charge in [0.15, 0.2) is 0 Å². The van der Waals surface area contributed by atoms with Crippen molar-refractivity contribution in [3.63, 3.8) is 0 Å². The molecule has 1 saturated heterocycles. The Labute approximate surface area is 209 Å². The van der Waals surface area contributed by atoms with Crippen LogP contribution in [0.4, 0.5) is 5.95 Å². The van der Waals surface area contributed by atoms with E-state index < -0.39 is 11.9 Å². The molecule has 1 aliphatic heterocycles. The first kappa shape index (κ1) is 23.4. The molecular weight excluding hydrogens is 460 g/mol. The minimum absolute atomic E-state index is 0.113. The average Bonchev–Trinajstić information content (AvgIpc) is 3.50. The van der Waals surface area contributed by atoms with Gasteiger partial charge >= 0.3 is 0 Å². The molecule has 2 atom stereocenters. The zero-order valence-corrected chi connectivity index (χ0v) is 20.9. The summed E-state index contributed by atoms with van der Waals surface area (Å²) in [7, 11) is 0. The summed E-state index contributed by atoms with van der Waals surface area (Å²) in [5.74, 6) is 0.155. The lowest BCUT2D eigenvalue weighted by atomic mass is 10.00. The van der Waals surface area contributed by atoms with Crippen LogP contribution >= 0.6 is 11.3 Å². The van der Waals surface area contributed by atoms with Gasteiger partial charge < -0.3 is 15.5 Å². The van der Waals surface area contributed by atoms with Crippen molar-refractivity contribution in [3.05, 3.63) is 58.4 Å². The largest absolute Gasteiger partial charge is 0.368 e. The van der Waals surface area contributed by atoms with E-state index in [4.69, 9.17) is 15.7 Å². The molecule has 2 unspecified atom stereocenters. The number of primary amides is 1. The molecule has 2 aliphatic rings. The molecule has 3 aromatic rings. The predicted octanol–water partition coefficient (Wildman–Crippen LogP) is 3.31. The number of amides is 2. The number of nitrogens with zero attached hydrogens (tertiary/aromatic N) is 5. The van der Waals surface area contributed by atoms with E-state index >= 15 is 0 Å². The zero-order valence-electron chi connectivity index (χ0n) is 20.1. The van der Waals surface area contributed by atoms with Crippen LogP contribution in [-0.4, -0.2) is 50.8 Å². The lowest BCUT2D eigenvalue weighted by Gasteiger charge is -2.29. The maximum Gasteiger partial charge on any atom is 0.240 e. The van der Waals surface area contributed by atoms with Crippen LogP contribution in [0.15, 0.2) is 36.5 Å². The third-order valence-corrected chi connectivity index (χ3v) is 8.08. The first-order chi connectivity index (χ1) is 17.0. The third-order valence-electron chi connectivity index (χ3n) is 6.97. The van der Waals surface area contributed by atoms with Gasteiger partial charge in [0.25, 0.3) is 0 Å². The average molecular weight is 491 g/mol. The van der Waals surface area contributed by atoms with Crippen LogP contribution in [0.3, 0.4) is 0 Å². The van der Waals surface area contributed by atoms with Crippen LogP contribution in [0.1, 0.15) is 54.6 Å². The highest BCUT2D eigenvalue weighted by Crippen LogP contribution is 2.39. The summed E-state index contributed by atoms with van der Waals surface area (Å²) < 4.78 is 0. The molecule has 0 radical (unpaired) electrons. The van der Waals surface area contributed by atoms with Crippen molar-refractivity contribution in [3.8, 4) is 10.6 Å².